The number of benzene rings is 1. The summed E-state index contributed by atoms with van der Waals surface area (Å²) < 4.78 is 1.81. The molecular formula is C19H21N5OS. The predicted octanol–water partition coefficient (Wildman–Crippen LogP) is 2.85. The zero-order chi connectivity index (χ0) is 17.8. The van der Waals surface area contributed by atoms with Gasteiger partial charge < -0.3 is 5.32 Å². The molecule has 0 aliphatic carbocycles. The van der Waals surface area contributed by atoms with Gasteiger partial charge in [0.25, 0.3) is 5.91 Å². The Kier molecular flexibility index (Phi) is 5.08. The number of carbonyl (C=O) groups is 1. The number of rotatable bonds is 6. The number of hydrogen-bond donors (Lipinski definition) is 1. The highest BCUT2D eigenvalue weighted by atomic mass is 32.1. The summed E-state index contributed by atoms with van der Waals surface area (Å²) >= 11 is 1.48. The molecular weight excluding hydrogens is 346 g/mol. The fourth-order valence-electron chi connectivity index (χ4n) is 3.06. The molecule has 1 aromatic carbocycles. The van der Waals surface area contributed by atoms with Gasteiger partial charge in [-0.1, -0.05) is 18.2 Å². The summed E-state index contributed by atoms with van der Waals surface area (Å²) in [6.45, 7) is 3.56. The van der Waals surface area contributed by atoms with E-state index in [1.807, 2.05) is 41.2 Å². The minimum Gasteiger partial charge on any atom is -0.347 e. The van der Waals surface area contributed by atoms with E-state index in [-0.39, 0.29) is 5.91 Å². The van der Waals surface area contributed by atoms with Crippen molar-refractivity contribution in [3.63, 3.8) is 0 Å². The lowest BCUT2D eigenvalue weighted by molar-refractivity contribution is 0.0955. The number of hydrogen-bond acceptors (Lipinski definition) is 5. The summed E-state index contributed by atoms with van der Waals surface area (Å²) in [7, 11) is 0. The molecule has 6 nitrogen and oxygen atoms in total. The number of amides is 1. The molecule has 0 spiro atoms. The summed E-state index contributed by atoms with van der Waals surface area (Å²) in [6.07, 6.45) is 7.91. The summed E-state index contributed by atoms with van der Waals surface area (Å²) in [5.74, 6) is -0.0809. The highest BCUT2D eigenvalue weighted by molar-refractivity contribution is 7.13. The molecule has 0 saturated carbocycles. The van der Waals surface area contributed by atoms with Crippen molar-refractivity contribution in [3.8, 4) is 5.69 Å². The number of likely N-dealkylation sites (tertiary alicyclic amines) is 1. The Balaban J connectivity index is 1.32. The maximum absolute atomic E-state index is 12.4. The zero-order valence-electron chi connectivity index (χ0n) is 14.5. The van der Waals surface area contributed by atoms with Crippen molar-refractivity contribution < 1.29 is 4.79 Å². The largest absolute Gasteiger partial charge is 0.347 e. The average Bonchev–Trinajstić information content (AvgIpc) is 3.43. The Morgan fingerprint density at radius 1 is 1.15 bits per heavy atom. The molecule has 3 heterocycles. The summed E-state index contributed by atoms with van der Waals surface area (Å²) in [4.78, 5) is 19.8. The quantitative estimate of drug-likeness (QED) is 0.728. The molecule has 1 aliphatic heterocycles. The van der Waals surface area contributed by atoms with Crippen LogP contribution in [0, 0.1) is 0 Å². The Bertz CT molecular complexity index is 867. The molecule has 0 bridgehead atoms. The first-order chi connectivity index (χ1) is 12.8. The van der Waals surface area contributed by atoms with Gasteiger partial charge in [-0.15, -0.1) is 11.3 Å². The van der Waals surface area contributed by atoms with Crippen LogP contribution in [0.15, 0.2) is 48.9 Å². The fourth-order valence-corrected chi connectivity index (χ4v) is 3.94. The molecule has 1 fully saturated rings. The predicted molar refractivity (Wildman–Crippen MR) is 101 cm³/mol. The third-order valence-corrected chi connectivity index (χ3v) is 5.43. The van der Waals surface area contributed by atoms with E-state index in [1.165, 1.54) is 24.2 Å². The number of nitrogens with zero attached hydrogens (tertiary/aromatic N) is 4. The van der Waals surface area contributed by atoms with E-state index in [9.17, 15) is 4.79 Å². The Labute approximate surface area is 156 Å². The van der Waals surface area contributed by atoms with Crippen LogP contribution >= 0.6 is 11.3 Å². The minimum absolute atomic E-state index is 0.0809. The second-order valence-corrected chi connectivity index (χ2v) is 7.53. The standard InChI is InChI=1S/C19H21N5OS/c25-19(17-12-20-18(26-17)14-23-8-4-5-9-23)21-10-15-11-22-24(13-15)16-6-2-1-3-7-16/h1-3,6-7,11-13H,4-5,8-10,14H2,(H,21,25). The molecule has 1 amide bonds. The van der Waals surface area contributed by atoms with Gasteiger partial charge in [-0.2, -0.15) is 5.10 Å². The lowest BCUT2D eigenvalue weighted by Crippen LogP contribution is -2.21. The number of thiazole rings is 1. The van der Waals surface area contributed by atoms with Crippen LogP contribution < -0.4 is 5.32 Å². The molecule has 3 aromatic rings. The second-order valence-electron chi connectivity index (χ2n) is 6.41. The maximum Gasteiger partial charge on any atom is 0.263 e. The summed E-state index contributed by atoms with van der Waals surface area (Å²) in [5, 5.41) is 8.31. The van der Waals surface area contributed by atoms with Gasteiger partial charge in [0, 0.05) is 18.3 Å². The third-order valence-electron chi connectivity index (χ3n) is 4.44. The van der Waals surface area contributed by atoms with Gasteiger partial charge in [-0.25, -0.2) is 9.67 Å². The smallest absolute Gasteiger partial charge is 0.263 e. The van der Waals surface area contributed by atoms with Crippen LogP contribution in [-0.4, -0.2) is 38.7 Å². The lowest BCUT2D eigenvalue weighted by atomic mass is 10.3. The SMILES string of the molecule is O=C(NCc1cnn(-c2ccccc2)c1)c1cnc(CN2CCCC2)s1. The van der Waals surface area contributed by atoms with E-state index in [0.717, 1.165) is 35.9 Å². The van der Waals surface area contributed by atoms with Crippen molar-refractivity contribution in [2.75, 3.05) is 13.1 Å². The van der Waals surface area contributed by atoms with Gasteiger partial charge in [0.15, 0.2) is 0 Å². The van der Waals surface area contributed by atoms with Crippen LogP contribution in [0.3, 0.4) is 0 Å². The maximum atomic E-state index is 12.4. The van der Waals surface area contributed by atoms with Gasteiger partial charge in [0.05, 0.1) is 24.6 Å². The van der Waals surface area contributed by atoms with Gasteiger partial charge in [-0.05, 0) is 38.1 Å². The normalized spacial score (nSPS) is 14.6. The Morgan fingerprint density at radius 2 is 1.96 bits per heavy atom. The van der Waals surface area contributed by atoms with Gasteiger partial charge >= 0.3 is 0 Å². The lowest BCUT2D eigenvalue weighted by Gasteiger charge is -2.11. The minimum atomic E-state index is -0.0809. The monoisotopic (exact) mass is 367 g/mol. The van der Waals surface area contributed by atoms with Crippen molar-refractivity contribution in [1.82, 2.24) is 25.0 Å². The number of aromatic nitrogens is 3. The molecule has 0 atom stereocenters. The molecule has 1 N–H and O–H groups in total. The van der Waals surface area contributed by atoms with Gasteiger partial charge in [0.1, 0.15) is 9.88 Å². The van der Waals surface area contributed by atoms with Crippen LogP contribution in [0.4, 0.5) is 0 Å². The molecule has 1 aliphatic rings. The van der Waals surface area contributed by atoms with Crippen molar-refractivity contribution >= 4 is 17.2 Å². The second kappa shape index (κ2) is 7.80. The van der Waals surface area contributed by atoms with Crippen LogP contribution in [0.25, 0.3) is 5.69 Å². The Morgan fingerprint density at radius 3 is 2.77 bits per heavy atom. The molecule has 1 saturated heterocycles. The molecule has 7 heteroatoms. The van der Waals surface area contributed by atoms with Crippen LogP contribution in [-0.2, 0) is 13.1 Å². The van der Waals surface area contributed by atoms with Crippen LogP contribution in [0.2, 0.25) is 0 Å². The molecule has 26 heavy (non-hydrogen) atoms. The van der Waals surface area contributed by atoms with E-state index >= 15 is 0 Å². The zero-order valence-corrected chi connectivity index (χ0v) is 15.3. The van der Waals surface area contributed by atoms with Crippen molar-refractivity contribution in [2.45, 2.75) is 25.9 Å². The van der Waals surface area contributed by atoms with E-state index in [0.29, 0.717) is 11.4 Å². The van der Waals surface area contributed by atoms with E-state index in [4.69, 9.17) is 0 Å². The van der Waals surface area contributed by atoms with E-state index < -0.39 is 0 Å². The molecule has 0 unspecified atom stereocenters. The molecule has 134 valence electrons. The van der Waals surface area contributed by atoms with Crippen LogP contribution in [0.5, 0.6) is 0 Å². The first kappa shape index (κ1) is 16.9. The van der Waals surface area contributed by atoms with Crippen molar-refractivity contribution in [2.24, 2.45) is 0 Å². The number of carbonyl (C=O) groups excluding carboxylic acids is 1. The third kappa shape index (κ3) is 4.00. The fraction of sp³-hybridized carbons (Fsp3) is 0.316. The number of para-hydroxylation sites is 1. The van der Waals surface area contributed by atoms with Gasteiger partial charge in [-0.3, -0.25) is 9.69 Å². The summed E-state index contributed by atoms with van der Waals surface area (Å²) in [6, 6.07) is 9.91. The highest BCUT2D eigenvalue weighted by Crippen LogP contribution is 2.18. The van der Waals surface area contributed by atoms with E-state index in [2.05, 4.69) is 20.3 Å². The van der Waals surface area contributed by atoms with Crippen molar-refractivity contribution in [1.29, 1.82) is 0 Å². The molecule has 2 aromatic heterocycles. The molecule has 0 radical (unpaired) electrons. The first-order valence-corrected chi connectivity index (χ1v) is 9.64. The van der Waals surface area contributed by atoms with Crippen LogP contribution in [0.1, 0.15) is 33.1 Å². The first-order valence-electron chi connectivity index (χ1n) is 8.82. The highest BCUT2D eigenvalue weighted by Gasteiger charge is 2.16. The summed E-state index contributed by atoms with van der Waals surface area (Å²) in [5.41, 5.74) is 1.96. The Hall–Kier alpha value is -2.51. The topological polar surface area (TPSA) is 63.1 Å². The van der Waals surface area contributed by atoms with Crippen molar-refractivity contribution in [3.05, 3.63) is 64.4 Å². The molecule has 4 rings (SSSR count). The number of nitrogens with one attached hydrogen (secondary N) is 1. The average molecular weight is 367 g/mol. The van der Waals surface area contributed by atoms with E-state index in [1.54, 1.807) is 12.4 Å². The van der Waals surface area contributed by atoms with Gasteiger partial charge in [0.2, 0.25) is 0 Å².